The van der Waals surface area contributed by atoms with Crippen molar-refractivity contribution in [2.45, 2.75) is 23.9 Å². The number of pyridine rings is 1. The molecule has 0 unspecified atom stereocenters. The maximum atomic E-state index is 14.6. The number of benzene rings is 2. The van der Waals surface area contributed by atoms with Crippen LogP contribution in [0.25, 0.3) is 22.0 Å². The molecule has 0 aliphatic heterocycles. The molecule has 0 bridgehead atoms. The van der Waals surface area contributed by atoms with Crippen molar-refractivity contribution in [2.24, 2.45) is 0 Å². The van der Waals surface area contributed by atoms with E-state index < -0.39 is 22.9 Å². The molecule has 27 heavy (non-hydrogen) atoms. The Morgan fingerprint density at radius 1 is 1.04 bits per heavy atom. The fourth-order valence-electron chi connectivity index (χ4n) is 3.12. The van der Waals surface area contributed by atoms with Gasteiger partial charge in [-0.05, 0) is 43.2 Å². The van der Waals surface area contributed by atoms with Crippen LogP contribution < -0.4 is 10.2 Å². The second-order valence-corrected chi connectivity index (χ2v) is 7.12. The highest BCUT2D eigenvalue weighted by Crippen LogP contribution is 2.41. The van der Waals surface area contributed by atoms with Crippen LogP contribution in [0.1, 0.15) is 18.9 Å². The Kier molecular flexibility index (Phi) is 4.43. The van der Waals surface area contributed by atoms with Crippen molar-refractivity contribution in [1.29, 1.82) is 0 Å². The molecular weight excluding hydrogens is 377 g/mol. The second kappa shape index (κ2) is 6.77. The monoisotopic (exact) mass is 390 g/mol. The van der Waals surface area contributed by atoms with Gasteiger partial charge in [-0.25, -0.2) is 13.2 Å². The molecule has 3 aromatic rings. The fourth-order valence-corrected chi connectivity index (χ4v) is 3.80. The highest BCUT2D eigenvalue weighted by molar-refractivity contribution is 7.97. The standard InChI is InChI=1S/C19H13F3N2O2S/c20-10-1-4-15(21)12(5-10)13-7-17-14(6-16(13)22)18(26)8-19(27-23-9-25)24(17)11-2-3-11/h1,4-9,11H,2-3H2,(H,23,25). The molecule has 2 aromatic carbocycles. The zero-order valence-electron chi connectivity index (χ0n) is 13.8. The van der Waals surface area contributed by atoms with Crippen LogP contribution in [0.5, 0.6) is 0 Å². The number of fused-ring (bicyclic) bond motifs is 1. The number of rotatable bonds is 5. The first kappa shape index (κ1) is 17.7. The molecule has 1 saturated carbocycles. The molecule has 4 rings (SSSR count). The Labute approximate surface area is 156 Å². The molecule has 1 N–H and O–H groups in total. The van der Waals surface area contributed by atoms with E-state index in [2.05, 4.69) is 4.72 Å². The van der Waals surface area contributed by atoms with Gasteiger partial charge in [0.05, 0.1) is 5.52 Å². The van der Waals surface area contributed by atoms with Crippen molar-refractivity contribution < 1.29 is 18.0 Å². The molecule has 1 aliphatic carbocycles. The Bertz CT molecular complexity index is 1130. The normalized spacial score (nSPS) is 13.7. The summed E-state index contributed by atoms with van der Waals surface area (Å²) in [5.41, 5.74) is -0.338. The summed E-state index contributed by atoms with van der Waals surface area (Å²) in [4.78, 5) is 23.1. The summed E-state index contributed by atoms with van der Waals surface area (Å²) in [5.74, 6) is -2.26. The summed E-state index contributed by atoms with van der Waals surface area (Å²) in [5, 5.41) is 0.648. The van der Waals surface area contributed by atoms with Crippen LogP contribution in [0.2, 0.25) is 0 Å². The van der Waals surface area contributed by atoms with Crippen LogP contribution in [0.3, 0.4) is 0 Å². The molecule has 0 spiro atoms. The van der Waals surface area contributed by atoms with Crippen LogP contribution in [0.15, 0.2) is 46.2 Å². The minimum absolute atomic E-state index is 0.0970. The fraction of sp³-hybridized carbons (Fsp3) is 0.158. The van der Waals surface area contributed by atoms with E-state index in [1.807, 2.05) is 4.57 Å². The Balaban J connectivity index is 2.02. The summed E-state index contributed by atoms with van der Waals surface area (Å²) in [7, 11) is 0. The minimum Gasteiger partial charge on any atom is -0.331 e. The quantitative estimate of drug-likeness (QED) is 0.525. The summed E-state index contributed by atoms with van der Waals surface area (Å²) >= 11 is 0.973. The number of amides is 1. The van der Waals surface area contributed by atoms with Gasteiger partial charge in [0.25, 0.3) is 0 Å². The lowest BCUT2D eigenvalue weighted by molar-refractivity contribution is -0.107. The molecule has 1 heterocycles. The summed E-state index contributed by atoms with van der Waals surface area (Å²) < 4.78 is 46.7. The Hall–Kier alpha value is -2.74. The van der Waals surface area contributed by atoms with E-state index in [0.717, 1.165) is 49.1 Å². The number of nitrogens with one attached hydrogen (secondary N) is 1. The highest BCUT2D eigenvalue weighted by atomic mass is 32.2. The summed E-state index contributed by atoms with van der Waals surface area (Å²) in [6.07, 6.45) is 2.23. The third kappa shape index (κ3) is 3.21. The van der Waals surface area contributed by atoms with Crippen molar-refractivity contribution in [1.82, 2.24) is 9.29 Å². The molecule has 1 amide bonds. The van der Waals surface area contributed by atoms with Crippen LogP contribution in [0, 0.1) is 17.5 Å². The van der Waals surface area contributed by atoms with E-state index in [9.17, 15) is 22.8 Å². The number of hydrogen-bond acceptors (Lipinski definition) is 3. The highest BCUT2D eigenvalue weighted by Gasteiger charge is 2.28. The number of halogens is 3. The Morgan fingerprint density at radius 3 is 2.48 bits per heavy atom. The van der Waals surface area contributed by atoms with Crippen molar-refractivity contribution in [3.63, 3.8) is 0 Å². The maximum Gasteiger partial charge on any atom is 0.217 e. The van der Waals surface area contributed by atoms with E-state index in [-0.39, 0.29) is 22.6 Å². The van der Waals surface area contributed by atoms with Crippen molar-refractivity contribution in [3.8, 4) is 11.1 Å². The smallest absolute Gasteiger partial charge is 0.217 e. The van der Waals surface area contributed by atoms with Gasteiger partial charge in [-0.15, -0.1) is 0 Å². The van der Waals surface area contributed by atoms with Crippen LogP contribution in [-0.2, 0) is 4.79 Å². The van der Waals surface area contributed by atoms with Crippen LogP contribution in [-0.4, -0.2) is 11.0 Å². The maximum absolute atomic E-state index is 14.6. The van der Waals surface area contributed by atoms with Crippen LogP contribution in [0.4, 0.5) is 13.2 Å². The third-order valence-corrected chi connectivity index (χ3v) is 5.18. The lowest BCUT2D eigenvalue weighted by atomic mass is 10.0. The van der Waals surface area contributed by atoms with Gasteiger partial charge >= 0.3 is 0 Å². The van der Waals surface area contributed by atoms with E-state index in [0.29, 0.717) is 17.0 Å². The van der Waals surface area contributed by atoms with E-state index in [1.54, 1.807) is 0 Å². The molecule has 0 saturated heterocycles. The van der Waals surface area contributed by atoms with Crippen LogP contribution >= 0.6 is 11.9 Å². The zero-order valence-corrected chi connectivity index (χ0v) is 14.7. The zero-order chi connectivity index (χ0) is 19.1. The van der Waals surface area contributed by atoms with Gasteiger partial charge in [0, 0.05) is 40.6 Å². The topological polar surface area (TPSA) is 51.1 Å². The number of carbonyl (C=O) groups excluding carboxylic acids is 1. The molecule has 1 fully saturated rings. The number of carbonyl (C=O) groups is 1. The van der Waals surface area contributed by atoms with Gasteiger partial charge in [-0.1, -0.05) is 0 Å². The molecule has 0 radical (unpaired) electrons. The largest absolute Gasteiger partial charge is 0.331 e. The predicted octanol–water partition coefficient (Wildman–Crippen LogP) is 4.17. The van der Waals surface area contributed by atoms with E-state index in [4.69, 9.17) is 0 Å². The lowest BCUT2D eigenvalue weighted by Gasteiger charge is -2.17. The van der Waals surface area contributed by atoms with E-state index in [1.165, 1.54) is 12.1 Å². The number of hydrogen-bond donors (Lipinski definition) is 1. The second-order valence-electron chi connectivity index (χ2n) is 6.26. The molecule has 4 nitrogen and oxygen atoms in total. The molecule has 1 aliphatic rings. The molecular formula is C19H13F3N2O2S. The summed E-state index contributed by atoms with van der Waals surface area (Å²) in [6.45, 7) is 0. The molecule has 8 heteroatoms. The van der Waals surface area contributed by atoms with Gasteiger partial charge < -0.3 is 4.57 Å². The van der Waals surface area contributed by atoms with Crippen molar-refractivity contribution >= 4 is 29.3 Å². The van der Waals surface area contributed by atoms with Gasteiger partial charge in [0.1, 0.15) is 22.5 Å². The first-order valence-corrected chi connectivity index (χ1v) is 9.01. The number of nitrogens with zero attached hydrogens (tertiary/aromatic N) is 1. The Morgan fingerprint density at radius 2 is 1.78 bits per heavy atom. The SMILES string of the molecule is O=CNSc1cc(=O)c2cc(F)c(-c3cc(F)ccc3F)cc2n1C1CC1. The van der Waals surface area contributed by atoms with Crippen molar-refractivity contribution in [3.05, 3.63) is 64.1 Å². The molecule has 138 valence electrons. The first-order valence-electron chi connectivity index (χ1n) is 8.20. The average molecular weight is 390 g/mol. The minimum atomic E-state index is -0.808. The third-order valence-electron chi connectivity index (χ3n) is 4.44. The van der Waals surface area contributed by atoms with Gasteiger partial charge in [-0.3, -0.25) is 14.3 Å². The predicted molar refractivity (Wildman–Crippen MR) is 96.8 cm³/mol. The van der Waals surface area contributed by atoms with Gasteiger partial charge in [-0.2, -0.15) is 0 Å². The summed E-state index contributed by atoms with van der Waals surface area (Å²) in [6, 6.07) is 6.67. The van der Waals surface area contributed by atoms with Gasteiger partial charge in [0.15, 0.2) is 5.43 Å². The molecule has 0 atom stereocenters. The number of aromatic nitrogens is 1. The van der Waals surface area contributed by atoms with Crippen molar-refractivity contribution in [2.75, 3.05) is 0 Å². The molecule has 1 aromatic heterocycles. The van der Waals surface area contributed by atoms with E-state index >= 15 is 0 Å². The lowest BCUT2D eigenvalue weighted by Crippen LogP contribution is -2.13. The average Bonchev–Trinajstić information content (AvgIpc) is 3.47. The first-order chi connectivity index (χ1) is 13.0. The van der Waals surface area contributed by atoms with Gasteiger partial charge in [0.2, 0.25) is 6.41 Å².